The number of allylic oxidation sites excluding steroid dienone is 1. The SMILES string of the molecule is C/C=C/CN1C(=O)C(C)(C)NC(=O)C12CCCC2. The van der Waals surface area contributed by atoms with Crippen LogP contribution in [0.3, 0.4) is 0 Å². The molecule has 1 saturated heterocycles. The number of piperazine rings is 1. The maximum atomic E-state index is 12.5. The van der Waals surface area contributed by atoms with Crippen molar-refractivity contribution in [2.45, 2.75) is 57.5 Å². The number of nitrogens with zero attached hydrogens (tertiary/aromatic N) is 1. The number of hydrogen-bond donors (Lipinski definition) is 1. The molecule has 0 aromatic carbocycles. The average Bonchev–Trinajstić information content (AvgIpc) is 2.77. The van der Waals surface area contributed by atoms with Crippen LogP contribution in [0.15, 0.2) is 12.2 Å². The van der Waals surface area contributed by atoms with Gasteiger partial charge in [-0.1, -0.05) is 25.0 Å². The number of rotatable bonds is 2. The van der Waals surface area contributed by atoms with E-state index in [0.717, 1.165) is 25.7 Å². The lowest BCUT2D eigenvalue weighted by Gasteiger charge is -2.49. The van der Waals surface area contributed by atoms with E-state index in [4.69, 9.17) is 0 Å². The van der Waals surface area contributed by atoms with Gasteiger partial charge < -0.3 is 10.2 Å². The lowest BCUT2D eigenvalue weighted by Crippen LogP contribution is -2.73. The third kappa shape index (κ3) is 1.84. The van der Waals surface area contributed by atoms with Crippen LogP contribution in [-0.2, 0) is 9.59 Å². The third-order valence-electron chi connectivity index (χ3n) is 4.10. The minimum absolute atomic E-state index is 0.0223. The van der Waals surface area contributed by atoms with Crippen LogP contribution in [0.5, 0.6) is 0 Å². The van der Waals surface area contributed by atoms with Gasteiger partial charge in [-0.25, -0.2) is 0 Å². The fourth-order valence-corrected chi connectivity index (χ4v) is 3.03. The Morgan fingerprint density at radius 1 is 1.28 bits per heavy atom. The Morgan fingerprint density at radius 3 is 2.44 bits per heavy atom. The molecule has 1 spiro atoms. The van der Waals surface area contributed by atoms with Crippen LogP contribution in [0.1, 0.15) is 46.5 Å². The van der Waals surface area contributed by atoms with Crippen LogP contribution in [-0.4, -0.2) is 34.3 Å². The first-order valence-corrected chi connectivity index (χ1v) is 6.70. The van der Waals surface area contributed by atoms with Crippen molar-refractivity contribution in [3.63, 3.8) is 0 Å². The molecule has 1 N–H and O–H groups in total. The first-order chi connectivity index (χ1) is 8.44. The molecule has 18 heavy (non-hydrogen) atoms. The first-order valence-electron chi connectivity index (χ1n) is 6.70. The van der Waals surface area contributed by atoms with Gasteiger partial charge in [0.25, 0.3) is 0 Å². The highest BCUT2D eigenvalue weighted by molar-refractivity contribution is 6.02. The second-order valence-electron chi connectivity index (χ2n) is 5.80. The van der Waals surface area contributed by atoms with Gasteiger partial charge in [0.05, 0.1) is 0 Å². The Bertz CT molecular complexity index is 393. The van der Waals surface area contributed by atoms with E-state index in [1.165, 1.54) is 0 Å². The molecule has 0 radical (unpaired) electrons. The largest absolute Gasteiger partial charge is 0.340 e. The quantitative estimate of drug-likeness (QED) is 0.757. The molecule has 0 unspecified atom stereocenters. The summed E-state index contributed by atoms with van der Waals surface area (Å²) in [6.45, 7) is 6.02. The second kappa shape index (κ2) is 4.41. The monoisotopic (exact) mass is 250 g/mol. The molecule has 100 valence electrons. The van der Waals surface area contributed by atoms with Gasteiger partial charge >= 0.3 is 0 Å². The molecule has 0 aromatic rings. The van der Waals surface area contributed by atoms with E-state index < -0.39 is 11.1 Å². The summed E-state index contributed by atoms with van der Waals surface area (Å²) in [6.07, 6.45) is 7.50. The van der Waals surface area contributed by atoms with Crippen molar-refractivity contribution in [2.75, 3.05) is 6.54 Å². The summed E-state index contributed by atoms with van der Waals surface area (Å²) in [6, 6.07) is 0. The van der Waals surface area contributed by atoms with Gasteiger partial charge in [0.2, 0.25) is 11.8 Å². The van der Waals surface area contributed by atoms with E-state index in [1.54, 1.807) is 18.7 Å². The van der Waals surface area contributed by atoms with Gasteiger partial charge in [-0.05, 0) is 33.6 Å². The van der Waals surface area contributed by atoms with E-state index in [9.17, 15) is 9.59 Å². The van der Waals surface area contributed by atoms with Gasteiger partial charge in [0, 0.05) is 6.54 Å². The highest BCUT2D eigenvalue weighted by Gasteiger charge is 2.55. The molecule has 2 amide bonds. The number of nitrogens with one attached hydrogen (secondary N) is 1. The maximum absolute atomic E-state index is 12.5. The predicted octanol–water partition coefficient (Wildman–Crippen LogP) is 1.61. The molecule has 2 rings (SSSR count). The molecule has 4 heteroatoms. The van der Waals surface area contributed by atoms with Crippen LogP contribution >= 0.6 is 0 Å². The molecule has 0 atom stereocenters. The molecule has 2 fully saturated rings. The number of carbonyl (C=O) groups is 2. The van der Waals surface area contributed by atoms with Crippen molar-refractivity contribution in [3.8, 4) is 0 Å². The highest BCUT2D eigenvalue weighted by Crippen LogP contribution is 2.39. The lowest BCUT2D eigenvalue weighted by molar-refractivity contribution is -0.160. The normalized spacial score (nSPS) is 26.1. The molecular formula is C14H22N2O2. The zero-order valence-electron chi connectivity index (χ0n) is 11.5. The van der Waals surface area contributed by atoms with Crippen molar-refractivity contribution >= 4 is 11.8 Å². The molecule has 2 aliphatic rings. The number of hydrogen-bond acceptors (Lipinski definition) is 2. The summed E-state index contributed by atoms with van der Waals surface area (Å²) >= 11 is 0. The smallest absolute Gasteiger partial charge is 0.248 e. The zero-order chi connectivity index (χ0) is 13.4. The summed E-state index contributed by atoms with van der Waals surface area (Å²) in [5, 5.41) is 2.89. The van der Waals surface area contributed by atoms with E-state index in [2.05, 4.69) is 5.32 Å². The molecular weight excluding hydrogens is 228 g/mol. The van der Waals surface area contributed by atoms with Gasteiger partial charge in [0.1, 0.15) is 11.1 Å². The van der Waals surface area contributed by atoms with E-state index in [0.29, 0.717) is 6.54 Å². The fraction of sp³-hybridized carbons (Fsp3) is 0.714. The van der Waals surface area contributed by atoms with Gasteiger partial charge in [0.15, 0.2) is 0 Å². The maximum Gasteiger partial charge on any atom is 0.248 e. The standard InChI is InChI=1S/C14H22N2O2/c1-4-5-10-16-12(18)13(2,3)15-11(17)14(16)8-6-7-9-14/h4-5H,6-10H2,1-3H3,(H,15,17)/b5-4+. The van der Waals surface area contributed by atoms with Gasteiger partial charge in [-0.3, -0.25) is 9.59 Å². The van der Waals surface area contributed by atoms with E-state index >= 15 is 0 Å². The van der Waals surface area contributed by atoms with Crippen molar-refractivity contribution in [3.05, 3.63) is 12.2 Å². The number of carbonyl (C=O) groups excluding carboxylic acids is 2. The van der Waals surface area contributed by atoms with Crippen LogP contribution in [0.2, 0.25) is 0 Å². The highest BCUT2D eigenvalue weighted by atomic mass is 16.2. The summed E-state index contributed by atoms with van der Waals surface area (Å²) in [4.78, 5) is 26.8. The van der Waals surface area contributed by atoms with E-state index in [-0.39, 0.29) is 11.8 Å². The summed E-state index contributed by atoms with van der Waals surface area (Å²) in [7, 11) is 0. The third-order valence-corrected chi connectivity index (χ3v) is 4.10. The van der Waals surface area contributed by atoms with Gasteiger partial charge in [-0.15, -0.1) is 0 Å². The molecule has 1 aliphatic carbocycles. The molecule has 4 nitrogen and oxygen atoms in total. The van der Waals surface area contributed by atoms with Crippen molar-refractivity contribution in [2.24, 2.45) is 0 Å². The van der Waals surface area contributed by atoms with Crippen LogP contribution in [0.4, 0.5) is 0 Å². The topological polar surface area (TPSA) is 49.4 Å². The predicted molar refractivity (Wildman–Crippen MR) is 69.9 cm³/mol. The molecule has 0 aromatic heterocycles. The van der Waals surface area contributed by atoms with Crippen molar-refractivity contribution < 1.29 is 9.59 Å². The minimum Gasteiger partial charge on any atom is -0.340 e. The molecule has 1 heterocycles. The Labute approximate surface area is 108 Å². The van der Waals surface area contributed by atoms with Crippen molar-refractivity contribution in [1.29, 1.82) is 0 Å². The van der Waals surface area contributed by atoms with Crippen molar-refractivity contribution in [1.82, 2.24) is 10.2 Å². The molecule has 0 bridgehead atoms. The van der Waals surface area contributed by atoms with E-state index in [1.807, 2.05) is 19.1 Å². The minimum atomic E-state index is -0.785. The van der Waals surface area contributed by atoms with Crippen LogP contribution in [0.25, 0.3) is 0 Å². The Balaban J connectivity index is 2.37. The Kier molecular flexibility index (Phi) is 3.21. The summed E-state index contributed by atoms with van der Waals surface area (Å²) < 4.78 is 0. The number of amides is 2. The Hall–Kier alpha value is -1.32. The van der Waals surface area contributed by atoms with Crippen LogP contribution in [0, 0.1) is 0 Å². The first kappa shape index (κ1) is 13.1. The molecule has 1 saturated carbocycles. The summed E-state index contributed by atoms with van der Waals surface area (Å²) in [5.41, 5.74) is -1.38. The Morgan fingerprint density at radius 2 is 1.89 bits per heavy atom. The van der Waals surface area contributed by atoms with Gasteiger partial charge in [-0.2, -0.15) is 0 Å². The second-order valence-corrected chi connectivity index (χ2v) is 5.80. The fourth-order valence-electron chi connectivity index (χ4n) is 3.03. The molecule has 1 aliphatic heterocycles. The average molecular weight is 250 g/mol. The zero-order valence-corrected chi connectivity index (χ0v) is 11.5. The van der Waals surface area contributed by atoms with Crippen LogP contribution < -0.4 is 5.32 Å². The lowest BCUT2D eigenvalue weighted by atomic mass is 9.85. The summed E-state index contributed by atoms with van der Waals surface area (Å²) in [5.74, 6) is 0.0520.